The molecular formula is C20H21FN4O3. The van der Waals surface area contributed by atoms with Gasteiger partial charge in [-0.1, -0.05) is 18.2 Å². The number of nitrogens with zero attached hydrogens (tertiary/aromatic N) is 3. The molecule has 0 bridgehead atoms. The fourth-order valence-corrected chi connectivity index (χ4v) is 3.18. The first-order chi connectivity index (χ1) is 13.5. The second-order valence-electron chi connectivity index (χ2n) is 6.39. The third-order valence-corrected chi connectivity index (χ3v) is 4.65. The first kappa shape index (κ1) is 19.3. The van der Waals surface area contributed by atoms with Crippen molar-refractivity contribution in [3.63, 3.8) is 0 Å². The topological polar surface area (TPSA) is 78.7 Å². The summed E-state index contributed by atoms with van der Waals surface area (Å²) in [4.78, 5) is 27.0. The number of rotatable bonds is 6. The molecule has 0 unspecified atom stereocenters. The van der Waals surface area contributed by atoms with E-state index in [9.17, 15) is 19.3 Å². The van der Waals surface area contributed by atoms with E-state index in [1.165, 1.54) is 18.2 Å². The number of halogens is 1. The number of piperazine rings is 1. The molecule has 28 heavy (non-hydrogen) atoms. The van der Waals surface area contributed by atoms with E-state index in [-0.39, 0.29) is 17.2 Å². The molecule has 1 aliphatic heterocycles. The van der Waals surface area contributed by atoms with Crippen LogP contribution in [-0.2, 0) is 0 Å². The van der Waals surface area contributed by atoms with Crippen molar-refractivity contribution in [3.05, 3.63) is 76.6 Å². The molecule has 2 aromatic rings. The van der Waals surface area contributed by atoms with Crippen molar-refractivity contribution in [1.82, 2.24) is 4.90 Å². The molecule has 3 rings (SSSR count). The van der Waals surface area contributed by atoms with Gasteiger partial charge < -0.3 is 15.1 Å². The summed E-state index contributed by atoms with van der Waals surface area (Å²) < 4.78 is 13.9. The Balaban J connectivity index is 1.71. The zero-order valence-electron chi connectivity index (χ0n) is 15.3. The molecule has 8 heteroatoms. The van der Waals surface area contributed by atoms with Gasteiger partial charge in [0.2, 0.25) is 0 Å². The fraction of sp³-hybridized carbons (Fsp3) is 0.250. The van der Waals surface area contributed by atoms with Crippen LogP contribution in [0.15, 0.2) is 55.1 Å². The van der Waals surface area contributed by atoms with E-state index >= 15 is 0 Å². The Kier molecular flexibility index (Phi) is 5.88. The van der Waals surface area contributed by atoms with Crippen LogP contribution >= 0.6 is 0 Å². The van der Waals surface area contributed by atoms with Crippen LogP contribution in [-0.4, -0.2) is 48.5 Å². The van der Waals surface area contributed by atoms with Gasteiger partial charge in [0.25, 0.3) is 11.6 Å². The number of carbonyl (C=O) groups is 1. The Labute approximate surface area is 162 Å². The molecule has 146 valence electrons. The summed E-state index contributed by atoms with van der Waals surface area (Å²) in [5.41, 5.74) is 1.32. The van der Waals surface area contributed by atoms with Crippen LogP contribution in [0.25, 0.3) is 0 Å². The Morgan fingerprint density at radius 2 is 1.93 bits per heavy atom. The Hall–Kier alpha value is -3.42. The lowest BCUT2D eigenvalue weighted by molar-refractivity contribution is -0.383. The number of nitrogens with one attached hydrogen (secondary N) is 1. The average Bonchev–Trinajstić information content (AvgIpc) is 2.72. The summed E-state index contributed by atoms with van der Waals surface area (Å²) in [6, 6.07) is 10.9. The van der Waals surface area contributed by atoms with Crippen molar-refractivity contribution in [2.45, 2.75) is 0 Å². The van der Waals surface area contributed by atoms with E-state index in [1.54, 1.807) is 35.2 Å². The van der Waals surface area contributed by atoms with Gasteiger partial charge in [0.15, 0.2) is 0 Å². The number of anilines is 2. The first-order valence-electron chi connectivity index (χ1n) is 8.93. The number of nitro benzene ring substituents is 1. The van der Waals surface area contributed by atoms with Gasteiger partial charge in [-0.3, -0.25) is 14.9 Å². The van der Waals surface area contributed by atoms with Crippen molar-refractivity contribution < 1.29 is 14.1 Å². The van der Waals surface area contributed by atoms with E-state index < -0.39 is 10.7 Å². The molecule has 1 heterocycles. The van der Waals surface area contributed by atoms with Gasteiger partial charge in [-0.25, -0.2) is 4.39 Å². The van der Waals surface area contributed by atoms with Crippen LogP contribution in [0.1, 0.15) is 10.4 Å². The molecule has 1 saturated heterocycles. The van der Waals surface area contributed by atoms with Gasteiger partial charge in [-0.05, 0) is 24.3 Å². The summed E-state index contributed by atoms with van der Waals surface area (Å²) >= 11 is 0. The lowest BCUT2D eigenvalue weighted by Gasteiger charge is -2.36. The largest absolute Gasteiger partial charge is 0.376 e. The zero-order chi connectivity index (χ0) is 20.1. The molecule has 2 aromatic carbocycles. The monoisotopic (exact) mass is 384 g/mol. The van der Waals surface area contributed by atoms with E-state index in [4.69, 9.17) is 0 Å². The number of nitro groups is 1. The van der Waals surface area contributed by atoms with Gasteiger partial charge in [-0.2, -0.15) is 0 Å². The molecule has 0 radical (unpaired) electrons. The van der Waals surface area contributed by atoms with Crippen LogP contribution in [0.3, 0.4) is 0 Å². The molecule has 1 amide bonds. The maximum absolute atomic E-state index is 13.9. The highest BCUT2D eigenvalue weighted by atomic mass is 19.1. The van der Waals surface area contributed by atoms with Crippen molar-refractivity contribution >= 4 is 23.0 Å². The summed E-state index contributed by atoms with van der Waals surface area (Å²) in [6.07, 6.45) is 1.63. The van der Waals surface area contributed by atoms with Crippen LogP contribution in [0.4, 0.5) is 21.5 Å². The predicted molar refractivity (Wildman–Crippen MR) is 106 cm³/mol. The Morgan fingerprint density at radius 1 is 1.21 bits per heavy atom. The second-order valence-corrected chi connectivity index (χ2v) is 6.39. The average molecular weight is 384 g/mol. The van der Waals surface area contributed by atoms with Crippen LogP contribution in [0, 0.1) is 15.9 Å². The smallest absolute Gasteiger partial charge is 0.292 e. The molecule has 0 saturated carbocycles. The molecule has 0 atom stereocenters. The number of benzene rings is 2. The Bertz CT molecular complexity index is 895. The minimum atomic E-state index is -0.525. The summed E-state index contributed by atoms with van der Waals surface area (Å²) in [7, 11) is 0. The van der Waals surface area contributed by atoms with Gasteiger partial charge in [-0.15, -0.1) is 6.58 Å². The molecule has 1 N–H and O–H groups in total. The summed E-state index contributed by atoms with van der Waals surface area (Å²) in [6.45, 7) is 6.02. The summed E-state index contributed by atoms with van der Waals surface area (Å²) in [5.74, 6) is -0.849. The van der Waals surface area contributed by atoms with Crippen molar-refractivity contribution in [1.29, 1.82) is 0 Å². The molecule has 0 spiro atoms. The van der Waals surface area contributed by atoms with E-state index in [1.807, 2.05) is 4.90 Å². The van der Waals surface area contributed by atoms with Crippen molar-refractivity contribution in [2.24, 2.45) is 0 Å². The predicted octanol–water partition coefficient (Wildman–Crippen LogP) is 3.29. The number of amides is 1. The quantitative estimate of drug-likeness (QED) is 0.470. The van der Waals surface area contributed by atoms with Crippen molar-refractivity contribution in [2.75, 3.05) is 42.9 Å². The second kappa shape index (κ2) is 8.51. The van der Waals surface area contributed by atoms with Gasteiger partial charge in [0.1, 0.15) is 11.5 Å². The van der Waals surface area contributed by atoms with Crippen molar-refractivity contribution in [3.8, 4) is 0 Å². The van der Waals surface area contributed by atoms with Gasteiger partial charge >= 0.3 is 0 Å². The van der Waals surface area contributed by atoms with Crippen LogP contribution < -0.4 is 10.2 Å². The number of hydrogen-bond donors (Lipinski definition) is 1. The normalized spacial score (nSPS) is 13.9. The third kappa shape index (κ3) is 4.11. The highest BCUT2D eigenvalue weighted by Crippen LogP contribution is 2.30. The molecule has 7 nitrogen and oxygen atoms in total. The lowest BCUT2D eigenvalue weighted by Crippen LogP contribution is -2.49. The SMILES string of the molecule is C=CCNc1cc(N2CCN(C(=O)c3ccccc3F)CC2)ccc1[N+](=O)[O-]. The van der Waals surface area contributed by atoms with E-state index in [2.05, 4.69) is 11.9 Å². The minimum Gasteiger partial charge on any atom is -0.376 e. The first-order valence-corrected chi connectivity index (χ1v) is 8.93. The maximum atomic E-state index is 13.9. The molecule has 0 aromatic heterocycles. The molecule has 1 fully saturated rings. The van der Waals surface area contributed by atoms with E-state index in [0.717, 1.165) is 5.69 Å². The van der Waals surface area contributed by atoms with E-state index in [0.29, 0.717) is 38.4 Å². The highest BCUT2D eigenvalue weighted by Gasteiger charge is 2.25. The maximum Gasteiger partial charge on any atom is 0.292 e. The molecular weight excluding hydrogens is 363 g/mol. The summed E-state index contributed by atoms with van der Waals surface area (Å²) in [5, 5.41) is 14.2. The standard InChI is InChI=1S/C20H21FN4O3/c1-2-9-22-18-14-15(7-8-19(18)25(27)28)23-10-12-24(13-11-23)20(26)16-5-3-4-6-17(16)21/h2-8,14,22H,1,9-13H2. The van der Waals surface area contributed by atoms with Crippen LogP contribution in [0.5, 0.6) is 0 Å². The lowest BCUT2D eigenvalue weighted by atomic mass is 10.1. The van der Waals surface area contributed by atoms with Gasteiger partial charge in [0, 0.05) is 44.5 Å². The van der Waals surface area contributed by atoms with Gasteiger partial charge in [0.05, 0.1) is 10.5 Å². The number of carbonyl (C=O) groups excluding carboxylic acids is 1. The van der Waals surface area contributed by atoms with Crippen LogP contribution in [0.2, 0.25) is 0 Å². The molecule has 0 aliphatic carbocycles. The number of hydrogen-bond acceptors (Lipinski definition) is 5. The highest BCUT2D eigenvalue weighted by molar-refractivity contribution is 5.94. The molecule has 1 aliphatic rings. The zero-order valence-corrected chi connectivity index (χ0v) is 15.3. The fourth-order valence-electron chi connectivity index (χ4n) is 3.18. The third-order valence-electron chi connectivity index (χ3n) is 4.65. The minimum absolute atomic E-state index is 0.000957. The Morgan fingerprint density at radius 3 is 2.57 bits per heavy atom.